The summed E-state index contributed by atoms with van der Waals surface area (Å²) >= 11 is 0. The SMILES string of the molecule is CCOC(=O)C#Cc1ccc(OCCCN2CC3CCC2CC3)cc1.Cl. The number of nitrogens with zero attached hydrogens (tertiary/aromatic N) is 1. The fourth-order valence-electron chi connectivity index (χ4n) is 3.83. The molecule has 0 unspecified atom stereocenters. The molecule has 0 atom stereocenters. The van der Waals surface area contributed by atoms with Crippen LogP contribution in [0.15, 0.2) is 24.3 Å². The molecule has 26 heavy (non-hydrogen) atoms. The van der Waals surface area contributed by atoms with E-state index >= 15 is 0 Å². The van der Waals surface area contributed by atoms with Crippen molar-refractivity contribution in [2.45, 2.75) is 45.1 Å². The molecule has 0 N–H and O–H groups in total. The molecular formula is C21H28ClNO3. The number of benzene rings is 1. The Bertz CT molecular complexity index is 627. The number of carbonyl (C=O) groups excluding carboxylic acids is 1. The largest absolute Gasteiger partial charge is 0.494 e. The first-order chi connectivity index (χ1) is 12.2. The number of esters is 1. The maximum absolute atomic E-state index is 11.2. The standard InChI is InChI=1S/C21H27NO3.ClH/c1-2-24-21(23)13-8-17-6-11-20(12-7-17)25-15-3-14-22-16-18-4-9-19(22)10-5-18;/h6-7,11-12,18-19H,2-5,9-10,14-16H2,1H3;1H. The van der Waals surface area contributed by atoms with Crippen LogP contribution in [0.5, 0.6) is 5.75 Å². The first-order valence-corrected chi connectivity index (χ1v) is 9.40. The van der Waals surface area contributed by atoms with E-state index in [9.17, 15) is 4.79 Å². The number of rotatable bonds is 6. The third kappa shape index (κ3) is 5.93. The average molecular weight is 378 g/mol. The van der Waals surface area contributed by atoms with Gasteiger partial charge in [0, 0.05) is 30.6 Å². The van der Waals surface area contributed by atoms with Crippen molar-refractivity contribution < 1.29 is 14.3 Å². The second-order valence-corrected chi connectivity index (χ2v) is 6.87. The minimum absolute atomic E-state index is 0. The Morgan fingerprint density at radius 2 is 1.92 bits per heavy atom. The van der Waals surface area contributed by atoms with Crippen LogP contribution in [0.3, 0.4) is 0 Å². The van der Waals surface area contributed by atoms with Gasteiger partial charge in [-0.15, -0.1) is 12.4 Å². The number of hydrogen-bond acceptors (Lipinski definition) is 4. The van der Waals surface area contributed by atoms with E-state index < -0.39 is 5.97 Å². The Labute approximate surface area is 162 Å². The Kier molecular flexibility index (Phi) is 8.28. The lowest BCUT2D eigenvalue weighted by molar-refractivity contribution is -0.136. The molecule has 2 bridgehead atoms. The van der Waals surface area contributed by atoms with Crippen LogP contribution in [0, 0.1) is 17.8 Å². The van der Waals surface area contributed by atoms with E-state index in [-0.39, 0.29) is 12.4 Å². The van der Waals surface area contributed by atoms with Crippen molar-refractivity contribution >= 4 is 18.4 Å². The predicted molar refractivity (Wildman–Crippen MR) is 105 cm³/mol. The lowest BCUT2D eigenvalue weighted by atomic mass is 9.80. The Balaban J connectivity index is 0.00000243. The summed E-state index contributed by atoms with van der Waals surface area (Å²) in [6.07, 6.45) is 6.71. The summed E-state index contributed by atoms with van der Waals surface area (Å²) in [5, 5.41) is 0. The van der Waals surface area contributed by atoms with Gasteiger partial charge in [0.25, 0.3) is 0 Å². The van der Waals surface area contributed by atoms with Gasteiger partial charge in [0.2, 0.25) is 0 Å². The highest BCUT2D eigenvalue weighted by Crippen LogP contribution is 2.34. The molecule has 0 spiro atoms. The van der Waals surface area contributed by atoms with Crippen LogP contribution in [-0.4, -0.2) is 43.2 Å². The predicted octanol–water partition coefficient (Wildman–Crippen LogP) is 3.67. The molecule has 1 aromatic rings. The van der Waals surface area contributed by atoms with E-state index in [2.05, 4.69) is 16.7 Å². The number of carbonyl (C=O) groups is 1. The van der Waals surface area contributed by atoms with Gasteiger partial charge in [0.1, 0.15) is 5.75 Å². The number of piperidine rings is 2. The minimum Gasteiger partial charge on any atom is -0.494 e. The van der Waals surface area contributed by atoms with Crippen molar-refractivity contribution in [1.82, 2.24) is 4.90 Å². The average Bonchev–Trinajstić information content (AvgIpc) is 2.66. The molecule has 0 aromatic heterocycles. The fraction of sp³-hybridized carbons (Fsp3) is 0.571. The lowest BCUT2D eigenvalue weighted by Crippen LogP contribution is -2.48. The summed E-state index contributed by atoms with van der Waals surface area (Å²) in [4.78, 5) is 13.9. The molecule has 1 aliphatic carbocycles. The number of ether oxygens (including phenoxy) is 2. The summed E-state index contributed by atoms with van der Waals surface area (Å²) < 4.78 is 10.6. The van der Waals surface area contributed by atoms with Gasteiger partial charge in [-0.2, -0.15) is 0 Å². The minimum atomic E-state index is -0.491. The summed E-state index contributed by atoms with van der Waals surface area (Å²) in [6.45, 7) is 5.28. The van der Waals surface area contributed by atoms with Gasteiger partial charge in [-0.3, -0.25) is 4.90 Å². The first kappa shape index (κ1) is 20.6. The van der Waals surface area contributed by atoms with Crippen molar-refractivity contribution in [2.75, 3.05) is 26.3 Å². The van der Waals surface area contributed by atoms with Gasteiger partial charge >= 0.3 is 5.97 Å². The van der Waals surface area contributed by atoms with Gasteiger partial charge in [-0.05, 0) is 69.2 Å². The van der Waals surface area contributed by atoms with E-state index in [1.54, 1.807) is 6.92 Å². The van der Waals surface area contributed by atoms with E-state index in [0.29, 0.717) is 6.61 Å². The van der Waals surface area contributed by atoms with Crippen LogP contribution in [0.4, 0.5) is 0 Å². The summed E-state index contributed by atoms with van der Waals surface area (Å²) in [5.41, 5.74) is 0.782. The number of halogens is 1. The first-order valence-electron chi connectivity index (χ1n) is 9.40. The van der Waals surface area contributed by atoms with Gasteiger partial charge in [0.15, 0.2) is 0 Å². The number of hydrogen-bond donors (Lipinski definition) is 0. The van der Waals surface area contributed by atoms with Crippen molar-refractivity contribution in [3.63, 3.8) is 0 Å². The number of fused-ring (bicyclic) bond motifs is 3. The van der Waals surface area contributed by atoms with E-state index in [1.807, 2.05) is 24.3 Å². The summed E-state index contributed by atoms with van der Waals surface area (Å²) in [5.74, 6) is 6.56. The Hall–Kier alpha value is -1.70. The zero-order valence-electron chi connectivity index (χ0n) is 15.4. The molecule has 2 aliphatic heterocycles. The van der Waals surface area contributed by atoms with Crippen molar-refractivity contribution in [1.29, 1.82) is 0 Å². The van der Waals surface area contributed by atoms with Gasteiger partial charge in [0.05, 0.1) is 13.2 Å². The normalized spacial score (nSPS) is 21.3. The van der Waals surface area contributed by atoms with Crippen molar-refractivity contribution in [3.05, 3.63) is 29.8 Å². The highest BCUT2D eigenvalue weighted by atomic mass is 35.5. The molecule has 5 heteroatoms. The van der Waals surface area contributed by atoms with Crippen LogP contribution in [0.1, 0.15) is 44.6 Å². The van der Waals surface area contributed by atoms with Gasteiger partial charge < -0.3 is 9.47 Å². The molecule has 1 saturated carbocycles. The fourth-order valence-corrected chi connectivity index (χ4v) is 3.83. The molecule has 2 saturated heterocycles. The molecule has 2 heterocycles. The van der Waals surface area contributed by atoms with Crippen LogP contribution in [0.2, 0.25) is 0 Å². The second kappa shape index (κ2) is 10.4. The molecule has 1 aromatic carbocycles. The zero-order valence-corrected chi connectivity index (χ0v) is 16.2. The van der Waals surface area contributed by atoms with Crippen molar-refractivity contribution in [3.8, 4) is 17.6 Å². The third-order valence-corrected chi connectivity index (χ3v) is 5.12. The summed E-state index contributed by atoms with van der Waals surface area (Å²) in [7, 11) is 0. The monoisotopic (exact) mass is 377 g/mol. The zero-order chi connectivity index (χ0) is 17.5. The highest BCUT2D eigenvalue weighted by molar-refractivity contribution is 5.89. The lowest BCUT2D eigenvalue weighted by Gasteiger charge is -2.45. The summed E-state index contributed by atoms with van der Waals surface area (Å²) in [6, 6.07) is 8.36. The topological polar surface area (TPSA) is 38.8 Å². The molecule has 142 valence electrons. The Morgan fingerprint density at radius 3 is 2.54 bits per heavy atom. The maximum Gasteiger partial charge on any atom is 0.384 e. The quantitative estimate of drug-likeness (QED) is 0.431. The van der Waals surface area contributed by atoms with Crippen molar-refractivity contribution in [2.24, 2.45) is 5.92 Å². The van der Waals surface area contributed by atoms with Gasteiger partial charge in [-0.25, -0.2) is 4.79 Å². The third-order valence-electron chi connectivity index (χ3n) is 5.12. The molecule has 4 nitrogen and oxygen atoms in total. The van der Waals surface area contributed by atoms with Crippen LogP contribution < -0.4 is 4.74 Å². The second-order valence-electron chi connectivity index (χ2n) is 6.87. The smallest absolute Gasteiger partial charge is 0.384 e. The van der Waals surface area contributed by atoms with E-state index in [0.717, 1.165) is 42.8 Å². The molecule has 0 radical (unpaired) electrons. The van der Waals surface area contributed by atoms with Gasteiger partial charge in [-0.1, -0.05) is 5.92 Å². The van der Waals surface area contributed by atoms with E-state index in [4.69, 9.17) is 9.47 Å². The molecule has 3 fully saturated rings. The maximum atomic E-state index is 11.2. The van der Waals surface area contributed by atoms with Crippen LogP contribution in [-0.2, 0) is 9.53 Å². The van der Waals surface area contributed by atoms with Crippen LogP contribution in [0.25, 0.3) is 0 Å². The molecular weight excluding hydrogens is 350 g/mol. The molecule has 3 aliphatic rings. The van der Waals surface area contributed by atoms with Crippen LogP contribution >= 0.6 is 12.4 Å². The highest BCUT2D eigenvalue weighted by Gasteiger charge is 2.32. The molecule has 4 rings (SSSR count). The Morgan fingerprint density at radius 1 is 1.19 bits per heavy atom. The molecule has 0 amide bonds. The van der Waals surface area contributed by atoms with E-state index in [1.165, 1.54) is 32.2 Å².